The molecule has 0 aliphatic carbocycles. The van der Waals surface area contributed by atoms with E-state index in [0.717, 1.165) is 31.0 Å². The third-order valence-electron chi connectivity index (χ3n) is 5.09. The van der Waals surface area contributed by atoms with Crippen LogP contribution in [-0.4, -0.2) is 76.3 Å². The lowest BCUT2D eigenvalue weighted by Crippen LogP contribution is -2.44. The third-order valence-corrected chi connectivity index (χ3v) is 5.09. The van der Waals surface area contributed by atoms with Crippen LogP contribution in [-0.2, 0) is 14.3 Å². The topological polar surface area (TPSA) is 80.6 Å². The lowest BCUT2D eigenvalue weighted by atomic mass is 10.0. The Morgan fingerprint density at radius 1 is 1.32 bits per heavy atom. The molecule has 0 unspecified atom stereocenters. The summed E-state index contributed by atoms with van der Waals surface area (Å²) >= 11 is 0. The van der Waals surface area contributed by atoms with E-state index in [1.54, 1.807) is 12.0 Å². The van der Waals surface area contributed by atoms with Crippen molar-refractivity contribution >= 4 is 11.8 Å². The van der Waals surface area contributed by atoms with Gasteiger partial charge in [-0.25, -0.2) is 9.67 Å². The zero-order valence-electron chi connectivity index (χ0n) is 15.3. The zero-order valence-corrected chi connectivity index (χ0v) is 15.3. The van der Waals surface area contributed by atoms with Gasteiger partial charge in [0.2, 0.25) is 11.8 Å². The molecule has 2 aliphatic heterocycles. The van der Waals surface area contributed by atoms with Gasteiger partial charge >= 0.3 is 0 Å². The molecule has 0 spiro atoms. The van der Waals surface area contributed by atoms with Gasteiger partial charge in [-0.1, -0.05) is 0 Å². The summed E-state index contributed by atoms with van der Waals surface area (Å²) in [5.74, 6) is 1.55. The Hall–Kier alpha value is -1.96. The second kappa shape index (κ2) is 7.51. The molecule has 2 saturated heterocycles. The van der Waals surface area contributed by atoms with E-state index in [-0.39, 0.29) is 23.8 Å². The predicted octanol–water partition coefficient (Wildman–Crippen LogP) is 0.553. The van der Waals surface area contributed by atoms with Crippen molar-refractivity contribution < 1.29 is 14.3 Å². The molecule has 2 fully saturated rings. The van der Waals surface area contributed by atoms with Crippen LogP contribution in [0, 0.1) is 19.8 Å². The summed E-state index contributed by atoms with van der Waals surface area (Å²) < 4.78 is 6.98. The Morgan fingerprint density at radius 3 is 2.80 bits per heavy atom. The van der Waals surface area contributed by atoms with Gasteiger partial charge in [0.15, 0.2) is 0 Å². The van der Waals surface area contributed by atoms with Gasteiger partial charge in [-0.3, -0.25) is 9.59 Å². The minimum atomic E-state index is -0.235. The smallest absolute Gasteiger partial charge is 0.228 e. The van der Waals surface area contributed by atoms with Crippen molar-refractivity contribution in [3.8, 4) is 0 Å². The molecule has 138 valence electrons. The van der Waals surface area contributed by atoms with E-state index < -0.39 is 0 Å². The van der Waals surface area contributed by atoms with Gasteiger partial charge in [-0.05, 0) is 26.7 Å². The highest BCUT2D eigenvalue weighted by molar-refractivity contribution is 5.89. The van der Waals surface area contributed by atoms with Gasteiger partial charge in [0, 0.05) is 39.7 Å². The largest absolute Gasteiger partial charge is 0.383 e. The fraction of sp³-hybridized carbons (Fsp3) is 0.765. The minimum absolute atomic E-state index is 0.0479. The standard InChI is InChI=1S/C17H27N5O3/c1-12-18-13(2)22(19-12)15-5-4-6-21(11-15)17(24)14-9-16(23)20(10-14)7-8-25-3/h14-15H,4-11H2,1-3H3/t14-,15+/m0/s1. The number of piperidine rings is 1. The molecule has 1 aromatic heterocycles. The van der Waals surface area contributed by atoms with E-state index in [0.29, 0.717) is 32.7 Å². The van der Waals surface area contributed by atoms with Gasteiger partial charge in [0.25, 0.3) is 0 Å². The summed E-state index contributed by atoms with van der Waals surface area (Å²) in [5.41, 5.74) is 0. The van der Waals surface area contributed by atoms with E-state index in [2.05, 4.69) is 10.1 Å². The van der Waals surface area contributed by atoms with E-state index in [4.69, 9.17) is 4.74 Å². The molecule has 8 heteroatoms. The number of rotatable bonds is 5. The normalized spacial score (nSPS) is 24.2. The highest BCUT2D eigenvalue weighted by Gasteiger charge is 2.38. The maximum absolute atomic E-state index is 12.9. The van der Waals surface area contributed by atoms with Crippen molar-refractivity contribution in [2.24, 2.45) is 5.92 Å². The molecule has 0 radical (unpaired) electrons. The maximum atomic E-state index is 12.9. The molecular formula is C17H27N5O3. The first kappa shape index (κ1) is 17.8. The zero-order chi connectivity index (χ0) is 18.0. The molecule has 0 bridgehead atoms. The van der Waals surface area contributed by atoms with Crippen LogP contribution in [0.2, 0.25) is 0 Å². The Kier molecular flexibility index (Phi) is 5.36. The molecule has 3 rings (SSSR count). The number of amides is 2. The molecule has 0 saturated carbocycles. The average Bonchev–Trinajstić information content (AvgIpc) is 3.14. The van der Waals surface area contributed by atoms with Gasteiger partial charge in [-0.15, -0.1) is 0 Å². The van der Waals surface area contributed by atoms with Crippen molar-refractivity contribution in [2.75, 3.05) is 39.9 Å². The highest BCUT2D eigenvalue weighted by Crippen LogP contribution is 2.26. The number of hydrogen-bond acceptors (Lipinski definition) is 5. The first-order valence-electron chi connectivity index (χ1n) is 8.95. The lowest BCUT2D eigenvalue weighted by molar-refractivity contribution is -0.137. The molecule has 2 atom stereocenters. The van der Waals surface area contributed by atoms with Crippen molar-refractivity contribution in [2.45, 2.75) is 39.2 Å². The minimum Gasteiger partial charge on any atom is -0.383 e. The lowest BCUT2D eigenvalue weighted by Gasteiger charge is -2.34. The van der Waals surface area contributed by atoms with E-state index in [9.17, 15) is 9.59 Å². The van der Waals surface area contributed by atoms with Crippen molar-refractivity contribution in [3.05, 3.63) is 11.6 Å². The molecule has 1 aromatic rings. The monoisotopic (exact) mass is 349 g/mol. The number of aromatic nitrogens is 3. The van der Waals surface area contributed by atoms with Gasteiger partial charge in [-0.2, -0.15) is 5.10 Å². The Labute approximate surface area is 148 Å². The number of hydrogen-bond donors (Lipinski definition) is 0. The van der Waals surface area contributed by atoms with E-state index in [1.807, 2.05) is 23.4 Å². The number of likely N-dealkylation sites (tertiary alicyclic amines) is 2. The average molecular weight is 349 g/mol. The Balaban J connectivity index is 1.62. The second-order valence-electron chi connectivity index (χ2n) is 6.96. The third kappa shape index (κ3) is 3.84. The van der Waals surface area contributed by atoms with E-state index in [1.165, 1.54) is 0 Å². The van der Waals surface area contributed by atoms with Crippen LogP contribution in [0.25, 0.3) is 0 Å². The SMILES string of the molecule is COCCN1C[C@@H](C(=O)N2CCC[C@@H](n3nc(C)nc3C)C2)CC1=O. The fourth-order valence-corrected chi connectivity index (χ4v) is 3.85. The Bertz CT molecular complexity index is 644. The quantitative estimate of drug-likeness (QED) is 0.776. The van der Waals surface area contributed by atoms with Crippen LogP contribution in [0.5, 0.6) is 0 Å². The second-order valence-corrected chi connectivity index (χ2v) is 6.96. The molecule has 2 amide bonds. The van der Waals surface area contributed by atoms with E-state index >= 15 is 0 Å². The molecule has 3 heterocycles. The van der Waals surface area contributed by atoms with Gasteiger partial charge < -0.3 is 14.5 Å². The van der Waals surface area contributed by atoms with Crippen molar-refractivity contribution in [3.63, 3.8) is 0 Å². The van der Waals surface area contributed by atoms with Gasteiger partial charge in [0.05, 0.1) is 18.6 Å². The summed E-state index contributed by atoms with van der Waals surface area (Å²) in [7, 11) is 1.62. The van der Waals surface area contributed by atoms with Crippen LogP contribution in [0.1, 0.15) is 37.0 Å². The molecular weight excluding hydrogens is 322 g/mol. The fourth-order valence-electron chi connectivity index (χ4n) is 3.85. The number of aryl methyl sites for hydroxylation is 2. The molecule has 2 aliphatic rings. The Morgan fingerprint density at radius 2 is 2.12 bits per heavy atom. The number of carbonyl (C=O) groups excluding carboxylic acids is 2. The highest BCUT2D eigenvalue weighted by atomic mass is 16.5. The van der Waals surface area contributed by atoms with Crippen molar-refractivity contribution in [1.82, 2.24) is 24.6 Å². The van der Waals surface area contributed by atoms with Crippen molar-refractivity contribution in [1.29, 1.82) is 0 Å². The number of nitrogens with zero attached hydrogens (tertiary/aromatic N) is 5. The summed E-state index contributed by atoms with van der Waals surface area (Å²) in [5, 5.41) is 4.47. The first-order chi connectivity index (χ1) is 12.0. The molecule has 8 nitrogen and oxygen atoms in total. The summed E-state index contributed by atoms with van der Waals surface area (Å²) in [4.78, 5) is 33.0. The molecule has 25 heavy (non-hydrogen) atoms. The number of methoxy groups -OCH3 is 1. The number of carbonyl (C=O) groups is 2. The summed E-state index contributed by atoms with van der Waals surface area (Å²) in [6, 6.07) is 0.167. The summed E-state index contributed by atoms with van der Waals surface area (Å²) in [6.07, 6.45) is 2.25. The first-order valence-corrected chi connectivity index (χ1v) is 8.95. The van der Waals surface area contributed by atoms with Crippen LogP contribution in [0.15, 0.2) is 0 Å². The van der Waals surface area contributed by atoms with Crippen LogP contribution in [0.4, 0.5) is 0 Å². The van der Waals surface area contributed by atoms with Gasteiger partial charge in [0.1, 0.15) is 11.6 Å². The van der Waals surface area contributed by atoms with Crippen LogP contribution < -0.4 is 0 Å². The number of ether oxygens (including phenoxy) is 1. The van der Waals surface area contributed by atoms with Crippen LogP contribution >= 0.6 is 0 Å². The maximum Gasteiger partial charge on any atom is 0.228 e. The molecule has 0 aromatic carbocycles. The molecule has 0 N–H and O–H groups in total. The predicted molar refractivity (Wildman–Crippen MR) is 90.9 cm³/mol. The summed E-state index contributed by atoms with van der Waals surface area (Å²) in [6.45, 7) is 6.79. The van der Waals surface area contributed by atoms with Crippen LogP contribution in [0.3, 0.4) is 0 Å².